The maximum Gasteiger partial charge on any atom is 0.409 e. The van der Waals surface area contributed by atoms with Crippen molar-refractivity contribution in [1.29, 1.82) is 0 Å². The summed E-state index contributed by atoms with van der Waals surface area (Å²) in [6, 6.07) is 4.53. The number of anilines is 1. The van der Waals surface area contributed by atoms with Crippen LogP contribution in [-0.2, 0) is 11.3 Å². The fourth-order valence-electron chi connectivity index (χ4n) is 2.91. The molecule has 35 heavy (non-hydrogen) atoms. The van der Waals surface area contributed by atoms with Crippen molar-refractivity contribution in [2.75, 3.05) is 19.0 Å². The highest BCUT2D eigenvalue weighted by atomic mass is 35.5. The molecule has 1 atom stereocenters. The van der Waals surface area contributed by atoms with Crippen LogP contribution in [0.3, 0.4) is 0 Å². The molecule has 0 saturated carbocycles. The molecular weight excluding hydrogens is 514 g/mol. The van der Waals surface area contributed by atoms with Gasteiger partial charge >= 0.3 is 17.3 Å². The van der Waals surface area contributed by atoms with Crippen LogP contribution in [0.25, 0.3) is 11.3 Å². The average molecular weight is 533 g/mol. The Kier molecular flexibility index (Phi) is 7.91. The highest BCUT2D eigenvalue weighted by Gasteiger charge is 2.39. The number of phenols is 1. The van der Waals surface area contributed by atoms with E-state index in [9.17, 15) is 28.8 Å². The minimum atomic E-state index is -3.93. The van der Waals surface area contributed by atoms with Gasteiger partial charge in [-0.05, 0) is 34.7 Å². The minimum absolute atomic E-state index is 0.00518. The number of hydrogen-bond acceptors (Lipinski definition) is 10. The number of benzene rings is 1. The molecule has 0 radical (unpaired) electrons. The van der Waals surface area contributed by atoms with Crippen molar-refractivity contribution >= 4 is 40.0 Å². The van der Waals surface area contributed by atoms with Gasteiger partial charge in [0.2, 0.25) is 0 Å². The number of thiazole rings is 1. The lowest BCUT2D eigenvalue weighted by Crippen LogP contribution is -2.50. The predicted octanol–water partition coefficient (Wildman–Crippen LogP) is 3.93. The molecule has 188 valence electrons. The third kappa shape index (κ3) is 6.45. The Balaban J connectivity index is 1.62. The summed E-state index contributed by atoms with van der Waals surface area (Å²) >= 11 is 6.10. The van der Waals surface area contributed by atoms with E-state index in [0.29, 0.717) is 17.1 Å². The topological polar surface area (TPSA) is 154 Å². The largest absolute Gasteiger partial charge is 0.504 e. The number of nitrogens with one attached hydrogen (secondary N) is 2. The van der Waals surface area contributed by atoms with Crippen LogP contribution >= 0.6 is 22.9 Å². The number of carbonyl (C=O) groups is 1. The van der Waals surface area contributed by atoms with Crippen molar-refractivity contribution in [3.8, 4) is 22.8 Å². The lowest BCUT2D eigenvalue weighted by molar-refractivity contribution is -0.392. The van der Waals surface area contributed by atoms with E-state index in [4.69, 9.17) is 21.1 Å². The van der Waals surface area contributed by atoms with E-state index < -0.39 is 22.6 Å². The van der Waals surface area contributed by atoms with E-state index in [1.165, 1.54) is 30.7 Å². The molecule has 1 amide bonds. The second-order valence-corrected chi connectivity index (χ2v) is 8.26. The number of ether oxygens (including phenoxy) is 2. The minimum Gasteiger partial charge on any atom is -0.504 e. The Morgan fingerprint density at radius 1 is 1.46 bits per heavy atom. The van der Waals surface area contributed by atoms with Gasteiger partial charge in [-0.2, -0.15) is 8.78 Å². The molecule has 16 heteroatoms. The van der Waals surface area contributed by atoms with Crippen molar-refractivity contribution in [2.24, 2.45) is 0 Å². The molecule has 0 aliphatic heterocycles. The summed E-state index contributed by atoms with van der Waals surface area (Å²) in [7, 11) is 1.40. The third-order valence-corrected chi connectivity index (χ3v) is 5.60. The molecule has 3 aromatic rings. The first kappa shape index (κ1) is 25.9. The number of phenolic OH excluding ortho intramolecular Hbond substituents is 1. The SMILES string of the molecule is COc1ccc(-c2csc(NC(NC(=O)OCCn3c([N+](=O)[O-])cnc3C)C(F)(F)Cl)n2)cc1O. The van der Waals surface area contributed by atoms with Gasteiger partial charge in [0.15, 0.2) is 28.6 Å². The van der Waals surface area contributed by atoms with Crippen molar-refractivity contribution in [3.63, 3.8) is 0 Å². The summed E-state index contributed by atoms with van der Waals surface area (Å²) in [5.74, 6) is 0.142. The van der Waals surface area contributed by atoms with Crippen LogP contribution in [0.1, 0.15) is 5.82 Å². The molecule has 12 nitrogen and oxygen atoms in total. The molecule has 3 N–H and O–H groups in total. The van der Waals surface area contributed by atoms with Gasteiger partial charge in [0, 0.05) is 17.9 Å². The summed E-state index contributed by atoms with van der Waals surface area (Å²) in [4.78, 5) is 30.4. The summed E-state index contributed by atoms with van der Waals surface area (Å²) in [5, 5.41) is 22.8. The van der Waals surface area contributed by atoms with E-state index in [1.54, 1.807) is 11.4 Å². The Bertz CT molecular complexity index is 1220. The molecule has 0 aliphatic rings. The zero-order valence-electron chi connectivity index (χ0n) is 18.2. The molecule has 0 fully saturated rings. The zero-order chi connectivity index (χ0) is 25.8. The molecule has 1 aromatic carbocycles. The number of halogens is 3. The number of carbonyl (C=O) groups excluding carboxylic acids is 1. The summed E-state index contributed by atoms with van der Waals surface area (Å²) in [6.07, 6.45) is -2.27. The fraction of sp³-hybridized carbons (Fsp3) is 0.316. The van der Waals surface area contributed by atoms with Crippen LogP contribution in [-0.4, -0.2) is 55.9 Å². The van der Waals surface area contributed by atoms with Gasteiger partial charge in [-0.15, -0.1) is 11.3 Å². The second kappa shape index (κ2) is 10.7. The van der Waals surface area contributed by atoms with Gasteiger partial charge < -0.3 is 30.0 Å². The van der Waals surface area contributed by atoms with Crippen LogP contribution < -0.4 is 15.4 Å². The van der Waals surface area contributed by atoms with Crippen molar-refractivity contribution in [2.45, 2.75) is 25.0 Å². The Hall–Kier alpha value is -3.72. The molecule has 2 heterocycles. The molecule has 0 bridgehead atoms. The molecule has 0 spiro atoms. The summed E-state index contributed by atoms with van der Waals surface area (Å²) in [5.41, 5.74) is 0.866. The number of aryl methyl sites for hydroxylation is 1. The zero-order valence-corrected chi connectivity index (χ0v) is 19.8. The molecule has 0 aliphatic carbocycles. The molecular formula is C19H19ClF2N6O6S. The number of imidazole rings is 1. The lowest BCUT2D eigenvalue weighted by Gasteiger charge is -2.23. The third-order valence-electron chi connectivity index (χ3n) is 4.61. The normalized spacial score (nSPS) is 12.1. The highest BCUT2D eigenvalue weighted by Crippen LogP contribution is 2.33. The quantitative estimate of drug-likeness (QED) is 0.152. The number of amides is 1. The number of hydrogen-bond donors (Lipinski definition) is 3. The van der Waals surface area contributed by atoms with E-state index >= 15 is 0 Å². The summed E-state index contributed by atoms with van der Waals surface area (Å²) in [6.45, 7) is 1.05. The first-order valence-corrected chi connectivity index (χ1v) is 11.0. The van der Waals surface area contributed by atoms with Gasteiger partial charge in [0.25, 0.3) is 0 Å². The fourth-order valence-corrected chi connectivity index (χ4v) is 3.77. The van der Waals surface area contributed by atoms with E-state index in [2.05, 4.69) is 15.3 Å². The number of nitro groups is 1. The molecule has 3 rings (SSSR count). The maximum absolute atomic E-state index is 13.9. The maximum atomic E-state index is 13.9. The number of alkyl halides is 3. The van der Waals surface area contributed by atoms with Crippen molar-refractivity contribution in [1.82, 2.24) is 19.9 Å². The van der Waals surface area contributed by atoms with Crippen LogP contribution in [0, 0.1) is 17.0 Å². The number of rotatable bonds is 10. The standard InChI is InChI=1S/C19H19ClF2N6O6S/c1-10-23-8-15(28(31)32)27(10)5-6-34-18(30)26-16(19(20,21)22)25-17-24-12(9-35-17)11-3-4-14(33-2)13(29)7-11/h3-4,7-9,16,29H,5-6H2,1-2H3,(H,24,25)(H,26,30). The Morgan fingerprint density at radius 2 is 2.20 bits per heavy atom. The van der Waals surface area contributed by atoms with Crippen LogP contribution in [0.15, 0.2) is 29.8 Å². The molecule has 2 aromatic heterocycles. The monoisotopic (exact) mass is 532 g/mol. The van der Waals surface area contributed by atoms with Crippen molar-refractivity contribution < 1.29 is 33.1 Å². The van der Waals surface area contributed by atoms with Gasteiger partial charge in [0.1, 0.15) is 19.3 Å². The molecule has 1 unspecified atom stereocenters. The van der Waals surface area contributed by atoms with E-state index in [0.717, 1.165) is 17.5 Å². The van der Waals surface area contributed by atoms with Gasteiger partial charge in [-0.25, -0.2) is 19.3 Å². The average Bonchev–Trinajstić information content (AvgIpc) is 3.39. The van der Waals surface area contributed by atoms with Gasteiger partial charge in [-0.3, -0.25) is 5.32 Å². The smallest absolute Gasteiger partial charge is 0.409 e. The Morgan fingerprint density at radius 3 is 2.83 bits per heavy atom. The van der Waals surface area contributed by atoms with Crippen LogP contribution in [0.5, 0.6) is 11.5 Å². The predicted molar refractivity (Wildman–Crippen MR) is 122 cm³/mol. The second-order valence-electron chi connectivity index (χ2n) is 6.90. The number of alkyl carbamates (subject to hydrolysis) is 1. The van der Waals surface area contributed by atoms with Gasteiger partial charge in [-0.1, -0.05) is 0 Å². The lowest BCUT2D eigenvalue weighted by atomic mass is 10.1. The van der Waals surface area contributed by atoms with Crippen LogP contribution in [0.2, 0.25) is 0 Å². The number of methoxy groups -OCH3 is 1. The number of aromatic nitrogens is 3. The summed E-state index contributed by atoms with van der Waals surface area (Å²) < 4.78 is 38.9. The van der Waals surface area contributed by atoms with Crippen molar-refractivity contribution in [3.05, 3.63) is 45.7 Å². The first-order chi connectivity index (χ1) is 16.5. The number of nitrogens with zero attached hydrogens (tertiary/aromatic N) is 4. The van der Waals surface area contributed by atoms with Gasteiger partial charge in [0.05, 0.1) is 12.8 Å². The van der Waals surface area contributed by atoms with E-state index in [-0.39, 0.29) is 35.6 Å². The van der Waals surface area contributed by atoms with E-state index in [1.807, 2.05) is 5.32 Å². The Labute approximate surface area is 205 Å². The highest BCUT2D eigenvalue weighted by molar-refractivity contribution is 7.14. The molecule has 0 saturated heterocycles. The number of aromatic hydroxyl groups is 1. The first-order valence-electron chi connectivity index (χ1n) is 9.75. The van der Waals surface area contributed by atoms with Crippen LogP contribution in [0.4, 0.5) is 24.5 Å².